The normalized spacial score (nSPS) is 11.2. The third-order valence-corrected chi connectivity index (χ3v) is 4.04. The molecular weight excluding hydrogens is 254 g/mol. The minimum Gasteiger partial charge on any atom is -0.481 e. The summed E-state index contributed by atoms with van der Waals surface area (Å²) in [5.41, 5.74) is 1.22. The molecule has 1 amide bonds. The minimum atomic E-state index is -0.949. The predicted octanol–water partition coefficient (Wildman–Crippen LogP) is 2.89. The molecule has 0 heterocycles. The predicted molar refractivity (Wildman–Crippen MR) is 78.3 cm³/mol. The van der Waals surface area contributed by atoms with Gasteiger partial charge in [-0.15, -0.1) is 0 Å². The van der Waals surface area contributed by atoms with Crippen LogP contribution in [0.2, 0.25) is 0 Å². The second-order valence-corrected chi connectivity index (χ2v) is 5.17. The zero-order valence-electron chi connectivity index (χ0n) is 12.4. The first-order valence-electron chi connectivity index (χ1n) is 6.99. The van der Waals surface area contributed by atoms with Gasteiger partial charge in [-0.3, -0.25) is 9.59 Å². The van der Waals surface area contributed by atoms with Crippen LogP contribution in [0.5, 0.6) is 0 Å². The summed E-state index contributed by atoms with van der Waals surface area (Å²) in [5, 5.41) is 12.1. The summed E-state index contributed by atoms with van der Waals surface area (Å²) < 4.78 is 0. The lowest BCUT2D eigenvalue weighted by Gasteiger charge is -2.25. The standard InChI is InChI=1S/C16H23NO3/c1-4-16(5-2,15(19)20)10-14(18)17-11-13-9-7-6-8-12(13)3/h6-9H,4-5,10-11H2,1-3H3,(H,17,18)(H,19,20). The van der Waals surface area contributed by atoms with Crippen LogP contribution in [0.4, 0.5) is 0 Å². The molecule has 1 rings (SSSR count). The Hall–Kier alpha value is -1.84. The highest BCUT2D eigenvalue weighted by atomic mass is 16.4. The van der Waals surface area contributed by atoms with Gasteiger partial charge >= 0.3 is 5.97 Å². The molecule has 0 bridgehead atoms. The van der Waals surface area contributed by atoms with Gasteiger partial charge in [0, 0.05) is 13.0 Å². The molecule has 2 N–H and O–H groups in total. The smallest absolute Gasteiger partial charge is 0.310 e. The summed E-state index contributed by atoms with van der Waals surface area (Å²) in [7, 11) is 0. The van der Waals surface area contributed by atoms with Gasteiger partial charge in [0.1, 0.15) is 0 Å². The molecule has 110 valence electrons. The van der Waals surface area contributed by atoms with E-state index in [1.165, 1.54) is 0 Å². The molecule has 0 radical (unpaired) electrons. The highest BCUT2D eigenvalue weighted by Gasteiger charge is 2.36. The number of carbonyl (C=O) groups is 2. The molecule has 0 unspecified atom stereocenters. The number of hydrogen-bond acceptors (Lipinski definition) is 2. The molecule has 0 aliphatic heterocycles. The van der Waals surface area contributed by atoms with Crippen LogP contribution in [0.3, 0.4) is 0 Å². The summed E-state index contributed by atoms with van der Waals surface area (Å²) in [6, 6.07) is 7.82. The van der Waals surface area contributed by atoms with Crippen molar-refractivity contribution in [3.63, 3.8) is 0 Å². The number of rotatable bonds is 7. The molecule has 0 saturated carbocycles. The van der Waals surface area contributed by atoms with E-state index in [0.717, 1.165) is 11.1 Å². The Morgan fingerprint density at radius 1 is 1.20 bits per heavy atom. The van der Waals surface area contributed by atoms with Gasteiger partial charge in [-0.2, -0.15) is 0 Å². The molecule has 0 aliphatic carbocycles. The number of benzene rings is 1. The molecule has 0 aliphatic rings. The number of carboxylic acids is 1. The number of hydrogen-bond donors (Lipinski definition) is 2. The van der Waals surface area contributed by atoms with Crippen molar-refractivity contribution in [3.8, 4) is 0 Å². The summed E-state index contributed by atoms with van der Waals surface area (Å²) in [6.07, 6.45) is 0.939. The van der Waals surface area contributed by atoms with E-state index in [1.807, 2.05) is 45.0 Å². The second-order valence-electron chi connectivity index (χ2n) is 5.17. The van der Waals surface area contributed by atoms with Gasteiger partial charge < -0.3 is 10.4 Å². The molecule has 0 atom stereocenters. The molecule has 4 nitrogen and oxygen atoms in total. The van der Waals surface area contributed by atoms with Crippen LogP contribution in [-0.4, -0.2) is 17.0 Å². The molecule has 0 fully saturated rings. The van der Waals surface area contributed by atoms with Crippen molar-refractivity contribution < 1.29 is 14.7 Å². The van der Waals surface area contributed by atoms with Crippen LogP contribution >= 0.6 is 0 Å². The monoisotopic (exact) mass is 277 g/mol. The fourth-order valence-electron chi connectivity index (χ4n) is 2.25. The Morgan fingerprint density at radius 3 is 2.30 bits per heavy atom. The lowest BCUT2D eigenvalue weighted by Crippen LogP contribution is -2.36. The van der Waals surface area contributed by atoms with E-state index in [9.17, 15) is 14.7 Å². The highest BCUT2D eigenvalue weighted by molar-refractivity contribution is 5.84. The number of carbonyl (C=O) groups excluding carboxylic acids is 1. The van der Waals surface area contributed by atoms with Gasteiger partial charge in [0.25, 0.3) is 0 Å². The summed E-state index contributed by atoms with van der Waals surface area (Å²) in [6.45, 7) is 6.05. The van der Waals surface area contributed by atoms with Crippen molar-refractivity contribution in [3.05, 3.63) is 35.4 Å². The minimum absolute atomic E-state index is 0.0290. The maximum Gasteiger partial charge on any atom is 0.310 e. The average molecular weight is 277 g/mol. The van der Waals surface area contributed by atoms with E-state index in [-0.39, 0.29) is 12.3 Å². The van der Waals surface area contributed by atoms with E-state index in [4.69, 9.17) is 0 Å². The van der Waals surface area contributed by atoms with Crippen molar-refractivity contribution >= 4 is 11.9 Å². The number of aryl methyl sites for hydroxylation is 1. The number of aliphatic carboxylic acids is 1. The molecule has 1 aromatic rings. The topological polar surface area (TPSA) is 66.4 Å². The fraction of sp³-hybridized carbons (Fsp3) is 0.500. The quantitative estimate of drug-likeness (QED) is 0.805. The fourth-order valence-corrected chi connectivity index (χ4v) is 2.25. The first-order valence-corrected chi connectivity index (χ1v) is 6.99. The van der Waals surface area contributed by atoms with E-state index in [1.54, 1.807) is 0 Å². The number of amides is 1. The largest absolute Gasteiger partial charge is 0.481 e. The molecule has 1 aromatic carbocycles. The van der Waals surface area contributed by atoms with Crippen LogP contribution in [0.1, 0.15) is 44.2 Å². The van der Waals surface area contributed by atoms with Gasteiger partial charge in [-0.25, -0.2) is 0 Å². The lowest BCUT2D eigenvalue weighted by molar-refractivity contribution is -0.152. The molecule has 20 heavy (non-hydrogen) atoms. The van der Waals surface area contributed by atoms with Gasteiger partial charge in [0.15, 0.2) is 0 Å². The maximum atomic E-state index is 12.0. The number of nitrogens with one attached hydrogen (secondary N) is 1. The van der Waals surface area contributed by atoms with E-state index in [2.05, 4.69) is 5.32 Å². The zero-order valence-corrected chi connectivity index (χ0v) is 12.4. The average Bonchev–Trinajstić information content (AvgIpc) is 2.43. The first-order chi connectivity index (χ1) is 9.45. The third kappa shape index (κ3) is 3.83. The second kappa shape index (κ2) is 7.08. The van der Waals surface area contributed by atoms with Gasteiger partial charge in [0.05, 0.1) is 5.41 Å². The Balaban J connectivity index is 2.64. The first kappa shape index (κ1) is 16.2. The maximum absolute atomic E-state index is 12.0. The Labute approximate surface area is 120 Å². The summed E-state index contributed by atoms with van der Waals surface area (Å²) in [4.78, 5) is 23.4. The van der Waals surface area contributed by atoms with Crippen molar-refractivity contribution in [2.45, 2.75) is 46.6 Å². The van der Waals surface area contributed by atoms with Crippen molar-refractivity contribution in [1.82, 2.24) is 5.32 Å². The van der Waals surface area contributed by atoms with Crippen molar-refractivity contribution in [2.75, 3.05) is 0 Å². The SMILES string of the molecule is CCC(CC)(CC(=O)NCc1ccccc1C)C(=O)O. The molecular formula is C16H23NO3. The highest BCUT2D eigenvalue weighted by Crippen LogP contribution is 2.30. The van der Waals surface area contributed by atoms with Crippen LogP contribution in [0.15, 0.2) is 24.3 Å². The van der Waals surface area contributed by atoms with Gasteiger partial charge in [-0.1, -0.05) is 38.1 Å². The molecule has 0 saturated heterocycles. The number of carboxylic acid groups (broad SMARTS) is 1. The molecule has 0 spiro atoms. The third-order valence-electron chi connectivity index (χ3n) is 4.04. The molecule has 0 aromatic heterocycles. The van der Waals surface area contributed by atoms with Crippen LogP contribution < -0.4 is 5.32 Å². The van der Waals surface area contributed by atoms with E-state index in [0.29, 0.717) is 19.4 Å². The zero-order chi connectivity index (χ0) is 15.2. The van der Waals surface area contributed by atoms with Crippen molar-refractivity contribution in [1.29, 1.82) is 0 Å². The molecule has 4 heteroatoms. The summed E-state index contributed by atoms with van der Waals surface area (Å²) >= 11 is 0. The van der Waals surface area contributed by atoms with Crippen molar-refractivity contribution in [2.24, 2.45) is 5.41 Å². The lowest BCUT2D eigenvalue weighted by atomic mass is 9.79. The van der Waals surface area contributed by atoms with E-state index >= 15 is 0 Å². The van der Waals surface area contributed by atoms with Crippen LogP contribution in [0, 0.1) is 12.3 Å². The summed E-state index contributed by atoms with van der Waals surface area (Å²) in [5.74, 6) is -1.10. The Bertz CT molecular complexity index is 478. The van der Waals surface area contributed by atoms with Gasteiger partial charge in [-0.05, 0) is 30.9 Å². The Morgan fingerprint density at radius 2 is 1.80 bits per heavy atom. The van der Waals surface area contributed by atoms with Crippen LogP contribution in [0.25, 0.3) is 0 Å². The van der Waals surface area contributed by atoms with Gasteiger partial charge in [0.2, 0.25) is 5.91 Å². The Kier molecular flexibility index (Phi) is 5.74. The van der Waals surface area contributed by atoms with E-state index < -0.39 is 11.4 Å². The van der Waals surface area contributed by atoms with Crippen LogP contribution in [-0.2, 0) is 16.1 Å².